The molecule has 0 amide bonds. The molecule has 1 aromatic rings. The molecule has 1 rings (SSSR count). The number of aromatic nitrogens is 2. The van der Waals surface area contributed by atoms with Gasteiger partial charge in [0.05, 0.1) is 6.20 Å². The number of aryl methyl sites for hydroxylation is 1. The second-order valence-electron chi connectivity index (χ2n) is 2.18. The van der Waals surface area contributed by atoms with Gasteiger partial charge in [-0.25, -0.2) is 14.8 Å². The Morgan fingerprint density at radius 1 is 1.67 bits per heavy atom. The van der Waals surface area contributed by atoms with E-state index in [1.807, 2.05) is 0 Å². The predicted molar refractivity (Wildman–Crippen MR) is 40.0 cm³/mol. The Morgan fingerprint density at radius 3 is 2.83 bits per heavy atom. The van der Waals surface area contributed by atoms with Crippen molar-refractivity contribution in [1.82, 2.24) is 9.97 Å². The largest absolute Gasteiger partial charge is 0.504 e. The quantitative estimate of drug-likeness (QED) is 0.669. The summed E-state index contributed by atoms with van der Waals surface area (Å²) in [6.07, 6.45) is 1.63. The van der Waals surface area contributed by atoms with Crippen molar-refractivity contribution >= 4 is 5.97 Å². The Kier molecular flexibility index (Phi) is 2.23. The Bertz CT molecular complexity index is 312. The first-order valence-electron chi connectivity index (χ1n) is 3.43. The lowest BCUT2D eigenvalue weighted by Crippen LogP contribution is -2.04. The zero-order valence-electron chi connectivity index (χ0n) is 6.48. The van der Waals surface area contributed by atoms with Gasteiger partial charge in [0.2, 0.25) is 0 Å². The lowest BCUT2D eigenvalue weighted by molar-refractivity contribution is 0.0686. The molecule has 0 bridgehead atoms. The summed E-state index contributed by atoms with van der Waals surface area (Å²) in [5.74, 6) is -1.24. The third-order valence-corrected chi connectivity index (χ3v) is 1.34. The van der Waals surface area contributed by atoms with Crippen LogP contribution in [0.15, 0.2) is 6.20 Å². The highest BCUT2D eigenvalue weighted by Gasteiger charge is 2.11. The minimum atomic E-state index is -1.25. The highest BCUT2D eigenvalue weighted by Crippen LogP contribution is 2.12. The zero-order chi connectivity index (χ0) is 9.14. The summed E-state index contributed by atoms with van der Waals surface area (Å²) in [6, 6.07) is 0. The van der Waals surface area contributed by atoms with E-state index >= 15 is 0 Å². The Hall–Kier alpha value is -1.65. The Labute approximate surface area is 68.7 Å². The van der Waals surface area contributed by atoms with Crippen molar-refractivity contribution in [3.05, 3.63) is 17.7 Å². The van der Waals surface area contributed by atoms with E-state index in [9.17, 15) is 4.79 Å². The average Bonchev–Trinajstić information content (AvgIpc) is 2.05. The normalized spacial score (nSPS) is 9.75. The molecule has 12 heavy (non-hydrogen) atoms. The van der Waals surface area contributed by atoms with Crippen LogP contribution in [-0.4, -0.2) is 26.2 Å². The minimum Gasteiger partial charge on any atom is -0.504 e. The molecule has 0 saturated carbocycles. The number of nitrogens with zero attached hydrogens (tertiary/aromatic N) is 2. The summed E-state index contributed by atoms with van der Waals surface area (Å²) in [5.41, 5.74) is -0.346. The smallest absolute Gasteiger partial charge is 0.358 e. The first-order chi connectivity index (χ1) is 5.65. The Morgan fingerprint density at radius 2 is 2.33 bits per heavy atom. The van der Waals surface area contributed by atoms with Crippen molar-refractivity contribution in [2.24, 2.45) is 0 Å². The summed E-state index contributed by atoms with van der Waals surface area (Å²) in [7, 11) is 0. The van der Waals surface area contributed by atoms with Gasteiger partial charge >= 0.3 is 5.97 Å². The van der Waals surface area contributed by atoms with E-state index < -0.39 is 11.7 Å². The summed E-state index contributed by atoms with van der Waals surface area (Å²) >= 11 is 0. The van der Waals surface area contributed by atoms with E-state index in [1.54, 1.807) is 6.92 Å². The highest BCUT2D eigenvalue weighted by atomic mass is 16.4. The van der Waals surface area contributed by atoms with E-state index in [1.165, 1.54) is 0 Å². The summed E-state index contributed by atoms with van der Waals surface area (Å²) < 4.78 is 0. The van der Waals surface area contributed by atoms with E-state index in [0.717, 1.165) is 6.20 Å². The molecule has 5 nitrogen and oxygen atoms in total. The summed E-state index contributed by atoms with van der Waals surface area (Å²) in [6.45, 7) is 1.80. The second kappa shape index (κ2) is 3.17. The van der Waals surface area contributed by atoms with Crippen LogP contribution >= 0.6 is 0 Å². The van der Waals surface area contributed by atoms with Gasteiger partial charge in [-0.05, 0) is 0 Å². The van der Waals surface area contributed by atoms with Gasteiger partial charge in [-0.1, -0.05) is 6.92 Å². The molecule has 0 aliphatic rings. The maximum Gasteiger partial charge on any atom is 0.358 e. The molecule has 2 N–H and O–H groups in total. The van der Waals surface area contributed by atoms with Crippen LogP contribution in [0, 0.1) is 0 Å². The van der Waals surface area contributed by atoms with E-state index in [0.29, 0.717) is 12.2 Å². The highest BCUT2D eigenvalue weighted by molar-refractivity contribution is 5.88. The lowest BCUT2D eigenvalue weighted by Gasteiger charge is -1.99. The monoisotopic (exact) mass is 168 g/mol. The molecule has 0 aliphatic heterocycles. The fourth-order valence-electron chi connectivity index (χ4n) is 0.740. The molecule has 0 radical (unpaired) electrons. The summed E-state index contributed by atoms with van der Waals surface area (Å²) in [4.78, 5) is 17.8. The molecule has 0 spiro atoms. The molecule has 0 aromatic carbocycles. The lowest BCUT2D eigenvalue weighted by atomic mass is 10.3. The molecule has 1 heterocycles. The van der Waals surface area contributed by atoms with Crippen molar-refractivity contribution in [3.63, 3.8) is 0 Å². The van der Waals surface area contributed by atoms with Gasteiger partial charge in [0, 0.05) is 6.42 Å². The second-order valence-corrected chi connectivity index (χ2v) is 2.18. The number of carbonyl (C=O) groups is 1. The van der Waals surface area contributed by atoms with Gasteiger partial charge < -0.3 is 10.2 Å². The first kappa shape index (κ1) is 8.45. The number of aromatic hydroxyl groups is 1. The Balaban J connectivity index is 3.17. The fraction of sp³-hybridized carbons (Fsp3) is 0.286. The van der Waals surface area contributed by atoms with Crippen LogP contribution in [0.3, 0.4) is 0 Å². The summed E-state index contributed by atoms with van der Waals surface area (Å²) in [5, 5.41) is 17.5. The van der Waals surface area contributed by atoms with Crippen LogP contribution in [0.25, 0.3) is 0 Å². The van der Waals surface area contributed by atoms with Crippen LogP contribution < -0.4 is 0 Å². The van der Waals surface area contributed by atoms with Crippen molar-refractivity contribution < 1.29 is 15.0 Å². The minimum absolute atomic E-state index is 0.346. The van der Waals surface area contributed by atoms with Crippen LogP contribution in [0.4, 0.5) is 0 Å². The third kappa shape index (κ3) is 1.50. The molecule has 0 aliphatic carbocycles. The van der Waals surface area contributed by atoms with Crippen LogP contribution in [0.1, 0.15) is 23.2 Å². The number of aromatic carboxylic acids is 1. The number of hydrogen-bond donors (Lipinski definition) is 2. The van der Waals surface area contributed by atoms with Crippen molar-refractivity contribution in [3.8, 4) is 5.75 Å². The van der Waals surface area contributed by atoms with Crippen LogP contribution in [-0.2, 0) is 6.42 Å². The maximum atomic E-state index is 10.4. The van der Waals surface area contributed by atoms with E-state index in [-0.39, 0.29) is 5.69 Å². The number of hydrogen-bond acceptors (Lipinski definition) is 4. The first-order valence-corrected chi connectivity index (χ1v) is 3.43. The number of rotatable bonds is 2. The molecule has 0 unspecified atom stereocenters. The predicted octanol–water partition coefficient (Wildman–Crippen LogP) is 0.443. The van der Waals surface area contributed by atoms with Gasteiger partial charge in [-0.3, -0.25) is 0 Å². The average molecular weight is 168 g/mol. The molecule has 5 heteroatoms. The van der Waals surface area contributed by atoms with Gasteiger partial charge in [0.25, 0.3) is 0 Å². The molecule has 64 valence electrons. The van der Waals surface area contributed by atoms with Crippen molar-refractivity contribution in [2.45, 2.75) is 13.3 Å². The standard InChI is InChI=1S/C7H8N2O3/c1-2-5-8-3-4(10)6(9-5)7(11)12/h3,10H,2H2,1H3,(H,11,12). The van der Waals surface area contributed by atoms with Crippen LogP contribution in [0.2, 0.25) is 0 Å². The van der Waals surface area contributed by atoms with Crippen molar-refractivity contribution in [2.75, 3.05) is 0 Å². The maximum absolute atomic E-state index is 10.4. The van der Waals surface area contributed by atoms with Gasteiger partial charge in [0.1, 0.15) is 5.82 Å². The molecule has 0 saturated heterocycles. The van der Waals surface area contributed by atoms with Crippen molar-refractivity contribution in [1.29, 1.82) is 0 Å². The molecular weight excluding hydrogens is 160 g/mol. The van der Waals surface area contributed by atoms with Gasteiger partial charge in [-0.15, -0.1) is 0 Å². The topological polar surface area (TPSA) is 83.3 Å². The fourth-order valence-corrected chi connectivity index (χ4v) is 0.740. The molecule has 0 atom stereocenters. The van der Waals surface area contributed by atoms with E-state index in [2.05, 4.69) is 9.97 Å². The van der Waals surface area contributed by atoms with Gasteiger partial charge in [-0.2, -0.15) is 0 Å². The third-order valence-electron chi connectivity index (χ3n) is 1.34. The van der Waals surface area contributed by atoms with E-state index in [4.69, 9.17) is 10.2 Å². The molecule has 0 fully saturated rings. The number of carboxylic acid groups (broad SMARTS) is 1. The molecular formula is C7H8N2O3. The molecule has 1 aromatic heterocycles. The van der Waals surface area contributed by atoms with Gasteiger partial charge in [0.15, 0.2) is 11.4 Å². The van der Waals surface area contributed by atoms with Crippen LogP contribution in [0.5, 0.6) is 5.75 Å². The zero-order valence-corrected chi connectivity index (χ0v) is 6.48. The number of carboxylic acids is 1. The SMILES string of the molecule is CCc1ncc(O)c(C(=O)O)n1.